The normalized spacial score (nSPS) is 10.2. The quantitative estimate of drug-likeness (QED) is 0.524. The van der Waals surface area contributed by atoms with Crippen LogP contribution >= 0.6 is 0 Å². The fraction of sp³-hybridized carbons (Fsp3) is 0.375. The Hall–Kier alpha value is -3.10. The van der Waals surface area contributed by atoms with E-state index in [0.717, 1.165) is 5.75 Å². The van der Waals surface area contributed by atoms with Gasteiger partial charge >= 0.3 is 5.97 Å². The lowest BCUT2D eigenvalue weighted by atomic mass is 10.3. The molecule has 0 atom stereocenters. The van der Waals surface area contributed by atoms with Gasteiger partial charge in [-0.05, 0) is 31.2 Å². The van der Waals surface area contributed by atoms with Crippen LogP contribution in [0.15, 0.2) is 30.6 Å². The number of esters is 1. The molecule has 0 radical (unpaired) electrons. The Kier molecular flexibility index (Phi) is 6.76. The molecule has 2 rings (SSSR count). The number of nitrogens with one attached hydrogen (secondary N) is 1. The molecule has 1 heterocycles. The Bertz CT molecular complexity index is 699. The van der Waals surface area contributed by atoms with E-state index >= 15 is 0 Å². The Morgan fingerprint density at radius 1 is 1.16 bits per heavy atom. The number of amides is 1. The molecule has 9 heteroatoms. The van der Waals surface area contributed by atoms with Gasteiger partial charge in [-0.2, -0.15) is 0 Å². The molecular weight excluding hydrogens is 328 g/mol. The van der Waals surface area contributed by atoms with E-state index in [2.05, 4.69) is 20.1 Å². The van der Waals surface area contributed by atoms with Gasteiger partial charge in [-0.3, -0.25) is 4.79 Å². The van der Waals surface area contributed by atoms with Gasteiger partial charge in [0.2, 0.25) is 5.91 Å². The third-order valence-corrected chi connectivity index (χ3v) is 3.04. The summed E-state index contributed by atoms with van der Waals surface area (Å²) in [6, 6.07) is 7.25. The molecule has 0 aliphatic carbocycles. The molecular formula is C16H20N4O5. The number of ether oxygens (including phenoxy) is 3. The highest BCUT2D eigenvalue weighted by molar-refractivity contribution is 5.84. The van der Waals surface area contributed by atoms with Gasteiger partial charge in [0.15, 0.2) is 0 Å². The van der Waals surface area contributed by atoms with Crippen LogP contribution in [-0.4, -0.2) is 53.5 Å². The van der Waals surface area contributed by atoms with Gasteiger partial charge in [0.25, 0.3) is 5.82 Å². The van der Waals surface area contributed by atoms with Gasteiger partial charge in [-0.25, -0.2) is 14.5 Å². The Balaban J connectivity index is 1.68. The number of rotatable bonds is 9. The van der Waals surface area contributed by atoms with Gasteiger partial charge in [0.1, 0.15) is 31.0 Å². The molecule has 0 bridgehead atoms. The van der Waals surface area contributed by atoms with E-state index in [1.165, 1.54) is 18.1 Å². The van der Waals surface area contributed by atoms with Crippen molar-refractivity contribution in [2.45, 2.75) is 13.5 Å². The average molecular weight is 348 g/mol. The zero-order valence-electron chi connectivity index (χ0n) is 14.1. The standard InChI is InChI=1S/C16H20N4O5/c1-3-24-12-4-6-13(7-5-12)25-9-8-17-14(21)10-20-11-18-15(19-20)16(22)23-2/h4-7,11H,3,8-10H2,1-2H3,(H,17,21). The van der Waals surface area contributed by atoms with Crippen LogP contribution in [0.3, 0.4) is 0 Å². The maximum atomic E-state index is 11.8. The second-order valence-corrected chi connectivity index (χ2v) is 4.86. The first kappa shape index (κ1) is 18.2. The van der Waals surface area contributed by atoms with E-state index < -0.39 is 5.97 Å². The molecule has 1 aromatic carbocycles. The molecule has 134 valence electrons. The molecule has 2 aromatic rings. The summed E-state index contributed by atoms with van der Waals surface area (Å²) in [5.74, 6) is 0.465. The minimum absolute atomic E-state index is 0.0486. The highest BCUT2D eigenvalue weighted by Gasteiger charge is 2.12. The van der Waals surface area contributed by atoms with Gasteiger partial charge in [0, 0.05) is 0 Å². The monoisotopic (exact) mass is 348 g/mol. The van der Waals surface area contributed by atoms with Crippen LogP contribution in [0, 0.1) is 0 Å². The second-order valence-electron chi connectivity index (χ2n) is 4.86. The molecule has 0 aliphatic heterocycles. The van der Waals surface area contributed by atoms with E-state index in [-0.39, 0.29) is 18.3 Å². The molecule has 1 amide bonds. The molecule has 0 saturated heterocycles. The molecule has 0 saturated carbocycles. The number of hydrogen-bond acceptors (Lipinski definition) is 7. The SMILES string of the molecule is CCOc1ccc(OCCNC(=O)Cn2cnc(C(=O)OC)n2)cc1. The Labute approximate surface area is 144 Å². The third-order valence-electron chi connectivity index (χ3n) is 3.04. The van der Waals surface area contributed by atoms with Crippen molar-refractivity contribution in [2.75, 3.05) is 26.9 Å². The lowest BCUT2D eigenvalue weighted by Gasteiger charge is -2.08. The summed E-state index contributed by atoms with van der Waals surface area (Å²) < 4.78 is 16.6. The van der Waals surface area contributed by atoms with Gasteiger partial charge in [-0.1, -0.05) is 0 Å². The van der Waals surface area contributed by atoms with Crippen LogP contribution in [0.4, 0.5) is 0 Å². The minimum Gasteiger partial charge on any atom is -0.494 e. The van der Waals surface area contributed by atoms with Crippen LogP contribution in [-0.2, 0) is 16.1 Å². The van der Waals surface area contributed by atoms with E-state index in [1.54, 1.807) is 12.1 Å². The summed E-state index contributed by atoms with van der Waals surface area (Å²) in [4.78, 5) is 26.8. The first-order valence-electron chi connectivity index (χ1n) is 7.72. The van der Waals surface area contributed by atoms with Crippen molar-refractivity contribution < 1.29 is 23.8 Å². The molecule has 25 heavy (non-hydrogen) atoms. The van der Waals surface area contributed by atoms with E-state index in [0.29, 0.717) is 25.5 Å². The summed E-state index contributed by atoms with van der Waals surface area (Å²) in [7, 11) is 1.24. The van der Waals surface area contributed by atoms with Crippen LogP contribution in [0.1, 0.15) is 17.5 Å². The van der Waals surface area contributed by atoms with E-state index in [9.17, 15) is 9.59 Å². The van der Waals surface area contributed by atoms with Gasteiger partial charge in [0.05, 0.1) is 20.3 Å². The fourth-order valence-electron chi connectivity index (χ4n) is 1.92. The number of hydrogen-bond donors (Lipinski definition) is 1. The number of carbonyl (C=O) groups is 2. The molecule has 9 nitrogen and oxygen atoms in total. The zero-order chi connectivity index (χ0) is 18.1. The number of aromatic nitrogens is 3. The van der Waals surface area contributed by atoms with Gasteiger partial charge < -0.3 is 19.5 Å². The van der Waals surface area contributed by atoms with Crippen molar-refractivity contribution in [3.63, 3.8) is 0 Å². The number of benzene rings is 1. The predicted octanol–water partition coefficient (Wildman–Crippen LogP) is 0.659. The van der Waals surface area contributed by atoms with Crippen LogP contribution in [0.2, 0.25) is 0 Å². The van der Waals surface area contributed by atoms with Crippen molar-refractivity contribution >= 4 is 11.9 Å². The molecule has 1 aromatic heterocycles. The number of nitrogens with zero attached hydrogens (tertiary/aromatic N) is 3. The van der Waals surface area contributed by atoms with Crippen molar-refractivity contribution in [3.8, 4) is 11.5 Å². The lowest BCUT2D eigenvalue weighted by molar-refractivity contribution is -0.121. The van der Waals surface area contributed by atoms with E-state index in [1.807, 2.05) is 19.1 Å². The van der Waals surface area contributed by atoms with E-state index in [4.69, 9.17) is 9.47 Å². The van der Waals surface area contributed by atoms with Gasteiger partial charge in [-0.15, -0.1) is 5.10 Å². The van der Waals surface area contributed by atoms with Crippen molar-refractivity contribution in [2.24, 2.45) is 0 Å². The van der Waals surface area contributed by atoms with Crippen LogP contribution in [0.5, 0.6) is 11.5 Å². The average Bonchev–Trinajstić information content (AvgIpc) is 3.08. The number of methoxy groups -OCH3 is 1. The minimum atomic E-state index is -0.650. The Morgan fingerprint density at radius 3 is 2.48 bits per heavy atom. The van der Waals surface area contributed by atoms with Crippen LogP contribution in [0.25, 0.3) is 0 Å². The zero-order valence-corrected chi connectivity index (χ0v) is 14.1. The summed E-state index contributed by atoms with van der Waals surface area (Å²) in [5.41, 5.74) is 0. The predicted molar refractivity (Wildman–Crippen MR) is 87.5 cm³/mol. The van der Waals surface area contributed by atoms with Crippen molar-refractivity contribution in [1.82, 2.24) is 20.1 Å². The summed E-state index contributed by atoms with van der Waals surface area (Å²) in [6.45, 7) is 3.14. The largest absolute Gasteiger partial charge is 0.494 e. The second kappa shape index (κ2) is 9.26. The van der Waals surface area contributed by atoms with Crippen LogP contribution < -0.4 is 14.8 Å². The third kappa shape index (κ3) is 5.79. The molecule has 1 N–H and O–H groups in total. The Morgan fingerprint density at radius 2 is 1.84 bits per heavy atom. The fourth-order valence-corrected chi connectivity index (χ4v) is 1.92. The van der Waals surface area contributed by atoms with Crippen molar-refractivity contribution in [1.29, 1.82) is 0 Å². The first-order valence-corrected chi connectivity index (χ1v) is 7.72. The highest BCUT2D eigenvalue weighted by atomic mass is 16.5. The maximum Gasteiger partial charge on any atom is 0.377 e. The topological polar surface area (TPSA) is 105 Å². The molecule has 0 unspecified atom stereocenters. The lowest BCUT2D eigenvalue weighted by Crippen LogP contribution is -2.31. The molecule has 0 spiro atoms. The molecule has 0 aliphatic rings. The summed E-state index contributed by atoms with van der Waals surface area (Å²) in [5, 5.41) is 6.54. The summed E-state index contributed by atoms with van der Waals surface area (Å²) in [6.07, 6.45) is 1.29. The first-order chi connectivity index (χ1) is 12.1. The highest BCUT2D eigenvalue weighted by Crippen LogP contribution is 2.17. The smallest absolute Gasteiger partial charge is 0.377 e. The number of carbonyl (C=O) groups excluding carboxylic acids is 2. The maximum absolute atomic E-state index is 11.8. The summed E-state index contributed by atoms with van der Waals surface area (Å²) >= 11 is 0. The molecule has 0 fully saturated rings. The van der Waals surface area contributed by atoms with Crippen molar-refractivity contribution in [3.05, 3.63) is 36.4 Å².